The number of amides is 1. The van der Waals surface area contributed by atoms with Crippen LogP contribution in [0.4, 0.5) is 5.69 Å². The van der Waals surface area contributed by atoms with Crippen molar-refractivity contribution in [3.05, 3.63) is 93.5 Å². The van der Waals surface area contributed by atoms with Crippen molar-refractivity contribution in [1.82, 2.24) is 0 Å². The second-order valence-electron chi connectivity index (χ2n) is 7.88. The van der Waals surface area contributed by atoms with E-state index in [1.807, 2.05) is 26.0 Å². The lowest BCUT2D eigenvalue weighted by atomic mass is 9.94. The molecule has 1 aliphatic heterocycles. The lowest BCUT2D eigenvalue weighted by Crippen LogP contribution is -2.29. The van der Waals surface area contributed by atoms with Crippen molar-refractivity contribution >= 4 is 34.7 Å². The van der Waals surface area contributed by atoms with Crippen LogP contribution in [0.2, 0.25) is 5.02 Å². The van der Waals surface area contributed by atoms with Crippen molar-refractivity contribution in [2.24, 2.45) is 0 Å². The first kappa shape index (κ1) is 22.4. The van der Waals surface area contributed by atoms with Crippen LogP contribution in [0.5, 0.6) is 11.5 Å². The molecule has 168 valence electrons. The van der Waals surface area contributed by atoms with Gasteiger partial charge in [-0.15, -0.1) is 0 Å². The molecule has 1 unspecified atom stereocenters. The van der Waals surface area contributed by atoms with Crippen LogP contribution in [0.1, 0.15) is 28.3 Å². The minimum Gasteiger partial charge on any atom is -0.507 e. The van der Waals surface area contributed by atoms with E-state index in [9.17, 15) is 19.8 Å². The predicted molar refractivity (Wildman–Crippen MR) is 127 cm³/mol. The van der Waals surface area contributed by atoms with Gasteiger partial charge in [0.25, 0.3) is 11.7 Å². The summed E-state index contributed by atoms with van der Waals surface area (Å²) in [4.78, 5) is 27.8. The maximum absolute atomic E-state index is 13.2. The average molecular weight is 464 g/mol. The molecule has 6 nitrogen and oxygen atoms in total. The Balaban J connectivity index is 1.97. The lowest BCUT2D eigenvalue weighted by molar-refractivity contribution is -0.132. The van der Waals surface area contributed by atoms with Gasteiger partial charge in [-0.05, 0) is 66.9 Å². The molecule has 0 aromatic heterocycles. The summed E-state index contributed by atoms with van der Waals surface area (Å²) in [6.07, 6.45) is 0. The Labute approximate surface area is 196 Å². The number of phenols is 1. The van der Waals surface area contributed by atoms with E-state index in [4.69, 9.17) is 16.3 Å². The Morgan fingerprint density at radius 2 is 1.76 bits per heavy atom. The smallest absolute Gasteiger partial charge is 0.300 e. The number of carbonyl (C=O) groups is 2. The molecule has 1 saturated heterocycles. The fourth-order valence-electron chi connectivity index (χ4n) is 3.91. The summed E-state index contributed by atoms with van der Waals surface area (Å²) in [6.45, 7) is 3.87. The number of Topliss-reactive ketones (excluding diaryl/α,β-unsaturated/α-hetero) is 1. The van der Waals surface area contributed by atoms with Gasteiger partial charge in [0, 0.05) is 11.3 Å². The molecule has 1 heterocycles. The van der Waals surface area contributed by atoms with Crippen LogP contribution < -0.4 is 9.64 Å². The molecule has 1 aliphatic rings. The first-order valence-electron chi connectivity index (χ1n) is 10.2. The Bertz CT molecular complexity index is 1310. The highest BCUT2D eigenvalue weighted by Gasteiger charge is 2.47. The van der Waals surface area contributed by atoms with Crippen molar-refractivity contribution in [3.8, 4) is 11.5 Å². The summed E-state index contributed by atoms with van der Waals surface area (Å²) in [6, 6.07) is 15.6. The number of ether oxygens (including phenoxy) is 1. The molecule has 3 aromatic rings. The molecule has 0 bridgehead atoms. The molecule has 4 rings (SSSR count). The number of anilines is 1. The van der Waals surface area contributed by atoms with Crippen molar-refractivity contribution < 1.29 is 24.5 Å². The zero-order chi connectivity index (χ0) is 23.9. The summed E-state index contributed by atoms with van der Waals surface area (Å²) < 4.78 is 5.23. The minimum absolute atomic E-state index is 0.0690. The Hall–Kier alpha value is -3.77. The first-order valence-corrected chi connectivity index (χ1v) is 10.6. The van der Waals surface area contributed by atoms with Crippen LogP contribution in [0, 0.1) is 13.8 Å². The summed E-state index contributed by atoms with van der Waals surface area (Å²) in [5.74, 6) is -1.55. The number of benzene rings is 3. The number of rotatable bonds is 4. The van der Waals surface area contributed by atoms with E-state index in [0.717, 1.165) is 11.1 Å². The molecule has 33 heavy (non-hydrogen) atoms. The third-order valence-electron chi connectivity index (χ3n) is 5.84. The van der Waals surface area contributed by atoms with Gasteiger partial charge in [0.2, 0.25) is 0 Å². The van der Waals surface area contributed by atoms with Gasteiger partial charge in [-0.25, -0.2) is 0 Å². The molecule has 0 saturated carbocycles. The molecule has 0 aliphatic carbocycles. The van der Waals surface area contributed by atoms with Crippen LogP contribution in [-0.2, 0) is 9.59 Å². The number of hydrogen-bond acceptors (Lipinski definition) is 5. The van der Waals surface area contributed by atoms with Crippen molar-refractivity contribution in [2.75, 3.05) is 12.0 Å². The van der Waals surface area contributed by atoms with Crippen LogP contribution in [0.3, 0.4) is 0 Å². The van der Waals surface area contributed by atoms with Crippen molar-refractivity contribution in [2.45, 2.75) is 19.9 Å². The molecule has 0 radical (unpaired) electrons. The van der Waals surface area contributed by atoms with E-state index in [1.165, 1.54) is 24.1 Å². The van der Waals surface area contributed by atoms with E-state index < -0.39 is 17.7 Å². The van der Waals surface area contributed by atoms with Gasteiger partial charge in [-0.2, -0.15) is 0 Å². The average Bonchev–Trinajstić information content (AvgIpc) is 3.07. The first-order chi connectivity index (χ1) is 15.7. The van der Waals surface area contributed by atoms with Crippen LogP contribution in [0.15, 0.2) is 66.2 Å². The van der Waals surface area contributed by atoms with Crippen molar-refractivity contribution in [3.63, 3.8) is 0 Å². The fourth-order valence-corrected chi connectivity index (χ4v) is 4.10. The Morgan fingerprint density at radius 3 is 2.42 bits per heavy atom. The van der Waals surface area contributed by atoms with Gasteiger partial charge in [-0.3, -0.25) is 14.5 Å². The zero-order valence-corrected chi connectivity index (χ0v) is 19.1. The highest BCUT2D eigenvalue weighted by molar-refractivity contribution is 6.51. The van der Waals surface area contributed by atoms with Gasteiger partial charge in [0.15, 0.2) is 0 Å². The Morgan fingerprint density at radius 1 is 1.00 bits per heavy atom. The summed E-state index contributed by atoms with van der Waals surface area (Å²) in [5.41, 5.74) is 3.23. The number of aromatic hydroxyl groups is 1. The maximum Gasteiger partial charge on any atom is 0.300 e. The number of halogens is 1. The molecular weight excluding hydrogens is 442 g/mol. The van der Waals surface area contributed by atoms with Gasteiger partial charge >= 0.3 is 0 Å². The van der Waals surface area contributed by atoms with Crippen LogP contribution >= 0.6 is 11.6 Å². The molecule has 3 aromatic carbocycles. The van der Waals surface area contributed by atoms with E-state index >= 15 is 0 Å². The van der Waals surface area contributed by atoms with Crippen LogP contribution in [0.25, 0.3) is 5.76 Å². The minimum atomic E-state index is -0.948. The topological polar surface area (TPSA) is 87.1 Å². The number of methoxy groups -OCH3 is 1. The van der Waals surface area contributed by atoms with Gasteiger partial charge in [0.1, 0.15) is 17.3 Å². The van der Waals surface area contributed by atoms with E-state index in [1.54, 1.807) is 36.4 Å². The third kappa shape index (κ3) is 3.94. The van der Waals surface area contributed by atoms with Gasteiger partial charge in [0.05, 0.1) is 23.7 Å². The van der Waals surface area contributed by atoms with E-state index in [2.05, 4.69) is 0 Å². The Kier molecular flexibility index (Phi) is 5.87. The van der Waals surface area contributed by atoms with E-state index in [0.29, 0.717) is 22.6 Å². The predicted octanol–water partition coefficient (Wildman–Crippen LogP) is 5.30. The zero-order valence-electron chi connectivity index (χ0n) is 18.3. The fraction of sp³-hybridized carbons (Fsp3) is 0.154. The van der Waals surface area contributed by atoms with Crippen LogP contribution in [-0.4, -0.2) is 29.0 Å². The van der Waals surface area contributed by atoms with E-state index in [-0.39, 0.29) is 22.1 Å². The number of carbonyl (C=O) groups excluding carboxylic acids is 2. The number of aliphatic hydroxyl groups is 1. The summed E-state index contributed by atoms with van der Waals surface area (Å²) in [5, 5.41) is 21.2. The lowest BCUT2D eigenvalue weighted by Gasteiger charge is -2.26. The third-order valence-corrected chi connectivity index (χ3v) is 6.15. The standard InChI is InChI=1S/C26H22ClNO5/c1-14-7-9-18(11-15(14)2)28-23(16-8-10-21(29)20(27)13-16)22(25(31)26(28)32)24(30)17-5-4-6-19(12-17)33-3/h4-13,23,29-30H,1-3H3/b24-22+. The molecule has 1 atom stereocenters. The number of ketones is 1. The normalized spacial score (nSPS) is 17.5. The molecule has 1 amide bonds. The molecule has 0 spiro atoms. The summed E-state index contributed by atoms with van der Waals surface area (Å²) in [7, 11) is 1.50. The maximum atomic E-state index is 13.2. The number of phenolic OH excluding ortho intramolecular Hbond substituents is 1. The molecule has 7 heteroatoms. The number of hydrogen-bond donors (Lipinski definition) is 2. The molecule has 1 fully saturated rings. The number of nitrogens with zero attached hydrogens (tertiary/aromatic N) is 1. The van der Waals surface area contributed by atoms with Gasteiger partial charge < -0.3 is 14.9 Å². The molecule has 2 N–H and O–H groups in total. The highest BCUT2D eigenvalue weighted by Crippen LogP contribution is 2.44. The highest BCUT2D eigenvalue weighted by atomic mass is 35.5. The second kappa shape index (κ2) is 8.64. The second-order valence-corrected chi connectivity index (χ2v) is 8.29. The van der Waals surface area contributed by atoms with Gasteiger partial charge in [-0.1, -0.05) is 35.9 Å². The number of aryl methyl sites for hydroxylation is 2. The summed E-state index contributed by atoms with van der Waals surface area (Å²) >= 11 is 6.16. The molecular formula is C26H22ClNO5. The quantitative estimate of drug-likeness (QED) is 0.311. The SMILES string of the molecule is COc1cccc(/C(O)=C2\C(=O)C(=O)N(c3ccc(C)c(C)c3)C2c2ccc(O)c(Cl)c2)c1. The number of aliphatic hydroxyl groups excluding tert-OH is 1. The monoisotopic (exact) mass is 463 g/mol. The largest absolute Gasteiger partial charge is 0.507 e. The van der Waals surface area contributed by atoms with Crippen molar-refractivity contribution in [1.29, 1.82) is 0 Å².